The molecule has 1 rings (SSSR count). The third-order valence-corrected chi connectivity index (χ3v) is 3.11. The molecule has 1 aromatic rings. The van der Waals surface area contributed by atoms with E-state index in [9.17, 15) is 4.79 Å². The molecule has 0 saturated carbocycles. The van der Waals surface area contributed by atoms with E-state index in [0.717, 1.165) is 5.56 Å². The van der Waals surface area contributed by atoms with Crippen molar-refractivity contribution in [2.75, 3.05) is 35.0 Å². The summed E-state index contributed by atoms with van der Waals surface area (Å²) in [6, 6.07) is 3.45. The first kappa shape index (κ1) is 17.1. The number of ether oxygens (including phenoxy) is 4. The van der Waals surface area contributed by atoms with Crippen LogP contribution in [0.15, 0.2) is 12.1 Å². The molecule has 0 spiro atoms. The van der Waals surface area contributed by atoms with Crippen molar-refractivity contribution >= 4 is 5.97 Å². The van der Waals surface area contributed by atoms with Gasteiger partial charge in [0.2, 0.25) is 5.75 Å². The number of methoxy groups -OCH3 is 3. The zero-order chi connectivity index (χ0) is 15.8. The molecule has 0 saturated heterocycles. The van der Waals surface area contributed by atoms with E-state index in [1.54, 1.807) is 35.3 Å². The van der Waals surface area contributed by atoms with E-state index in [-0.39, 0.29) is 18.4 Å². The van der Waals surface area contributed by atoms with Crippen molar-refractivity contribution < 1.29 is 23.7 Å². The van der Waals surface area contributed by atoms with E-state index in [0.29, 0.717) is 23.9 Å². The molecule has 0 heterocycles. The zero-order valence-corrected chi connectivity index (χ0v) is 13.2. The minimum atomic E-state index is -0.259. The first-order valence-electron chi connectivity index (χ1n) is 6.74. The van der Waals surface area contributed by atoms with Crippen molar-refractivity contribution in [2.45, 2.75) is 19.4 Å². The van der Waals surface area contributed by atoms with E-state index in [2.05, 4.69) is 5.32 Å². The van der Waals surface area contributed by atoms with Gasteiger partial charge in [-0.25, -0.2) is 0 Å². The van der Waals surface area contributed by atoms with Crippen LogP contribution >= 0.6 is 0 Å². The lowest BCUT2D eigenvalue weighted by molar-refractivity contribution is -0.143. The van der Waals surface area contributed by atoms with Gasteiger partial charge in [-0.3, -0.25) is 4.79 Å². The minimum absolute atomic E-state index is 0.197. The van der Waals surface area contributed by atoms with E-state index in [4.69, 9.17) is 18.9 Å². The van der Waals surface area contributed by atoms with Gasteiger partial charge in [-0.05, 0) is 31.7 Å². The van der Waals surface area contributed by atoms with Crippen LogP contribution in [0.5, 0.6) is 17.2 Å². The summed E-state index contributed by atoms with van der Waals surface area (Å²) < 4.78 is 20.9. The lowest BCUT2D eigenvalue weighted by Crippen LogP contribution is -2.21. The van der Waals surface area contributed by atoms with Gasteiger partial charge in [0.15, 0.2) is 11.5 Å². The number of carbonyl (C=O) groups excluding carboxylic acids is 1. The normalized spacial score (nSPS) is 11.7. The van der Waals surface area contributed by atoms with E-state index >= 15 is 0 Å². The van der Waals surface area contributed by atoms with Crippen LogP contribution in [-0.2, 0) is 9.53 Å². The number of nitrogens with one attached hydrogen (secondary N) is 1. The third kappa shape index (κ3) is 4.26. The summed E-state index contributed by atoms with van der Waals surface area (Å²) >= 11 is 0. The highest BCUT2D eigenvalue weighted by Crippen LogP contribution is 2.40. The summed E-state index contributed by atoms with van der Waals surface area (Å²) in [5.41, 5.74) is 0.861. The van der Waals surface area contributed by atoms with Crippen LogP contribution in [0.1, 0.15) is 24.9 Å². The second kappa shape index (κ2) is 8.36. The molecule has 0 fully saturated rings. The maximum Gasteiger partial charge on any atom is 0.307 e. The summed E-state index contributed by atoms with van der Waals surface area (Å²) in [7, 11) is 6.45. The highest BCUT2D eigenvalue weighted by molar-refractivity contribution is 5.70. The van der Waals surface area contributed by atoms with Crippen molar-refractivity contribution in [1.82, 2.24) is 5.32 Å². The van der Waals surface area contributed by atoms with Gasteiger partial charge in [0.1, 0.15) is 0 Å². The van der Waals surface area contributed by atoms with Gasteiger partial charge in [0, 0.05) is 6.04 Å². The van der Waals surface area contributed by atoms with E-state index < -0.39 is 0 Å². The molecule has 0 aliphatic heterocycles. The van der Waals surface area contributed by atoms with Gasteiger partial charge in [-0.2, -0.15) is 0 Å². The Bertz CT molecular complexity index is 450. The fourth-order valence-electron chi connectivity index (χ4n) is 2.08. The monoisotopic (exact) mass is 297 g/mol. The summed E-state index contributed by atoms with van der Waals surface area (Å²) in [6.45, 7) is 2.15. The minimum Gasteiger partial charge on any atom is -0.493 e. The van der Waals surface area contributed by atoms with Crippen LogP contribution in [0.4, 0.5) is 0 Å². The second-order valence-corrected chi connectivity index (χ2v) is 4.31. The molecular weight excluding hydrogens is 274 g/mol. The number of rotatable bonds is 8. The SMILES string of the molecule is CCOC(=O)CC(NC)c1cc(OC)c(OC)c(OC)c1. The van der Waals surface area contributed by atoms with Crippen molar-refractivity contribution in [3.63, 3.8) is 0 Å². The van der Waals surface area contributed by atoms with Crippen LogP contribution in [0.25, 0.3) is 0 Å². The molecule has 0 radical (unpaired) electrons. The first-order chi connectivity index (χ1) is 10.1. The van der Waals surface area contributed by atoms with Gasteiger partial charge in [0.25, 0.3) is 0 Å². The van der Waals surface area contributed by atoms with Crippen molar-refractivity contribution in [3.8, 4) is 17.2 Å². The summed E-state index contributed by atoms with van der Waals surface area (Å²) in [5, 5.41) is 3.10. The van der Waals surface area contributed by atoms with Gasteiger partial charge in [0.05, 0.1) is 34.4 Å². The summed E-state index contributed by atoms with van der Waals surface area (Å²) in [4.78, 5) is 11.7. The standard InChI is InChI=1S/C15H23NO5/c1-6-21-14(17)9-11(16-2)10-7-12(18-3)15(20-5)13(8-10)19-4/h7-8,11,16H,6,9H2,1-5H3. The smallest absolute Gasteiger partial charge is 0.307 e. The molecule has 0 aliphatic rings. The first-order valence-corrected chi connectivity index (χ1v) is 6.74. The predicted molar refractivity (Wildman–Crippen MR) is 79.1 cm³/mol. The van der Waals surface area contributed by atoms with Crippen molar-refractivity contribution in [2.24, 2.45) is 0 Å². The van der Waals surface area contributed by atoms with E-state index in [1.165, 1.54) is 0 Å². The Morgan fingerprint density at radius 2 is 1.71 bits per heavy atom. The summed E-state index contributed by atoms with van der Waals surface area (Å²) in [5.74, 6) is 1.37. The zero-order valence-electron chi connectivity index (χ0n) is 13.2. The predicted octanol–water partition coefficient (Wildman–Crippen LogP) is 1.93. The molecule has 0 bridgehead atoms. The van der Waals surface area contributed by atoms with Crippen LogP contribution < -0.4 is 19.5 Å². The Balaban J connectivity index is 3.12. The number of benzene rings is 1. The van der Waals surface area contributed by atoms with Gasteiger partial charge < -0.3 is 24.3 Å². The maximum absolute atomic E-state index is 11.7. The molecular formula is C15H23NO5. The molecule has 1 N–H and O–H groups in total. The fraction of sp³-hybridized carbons (Fsp3) is 0.533. The average Bonchev–Trinajstić information content (AvgIpc) is 2.51. The molecule has 1 atom stereocenters. The molecule has 0 amide bonds. The van der Waals surface area contributed by atoms with Gasteiger partial charge in [-0.1, -0.05) is 0 Å². The molecule has 1 aromatic carbocycles. The topological polar surface area (TPSA) is 66.0 Å². The van der Waals surface area contributed by atoms with E-state index in [1.807, 2.05) is 12.1 Å². The molecule has 118 valence electrons. The van der Waals surface area contributed by atoms with Crippen molar-refractivity contribution in [3.05, 3.63) is 17.7 Å². The Kier molecular flexibility index (Phi) is 6.81. The number of esters is 1. The highest BCUT2D eigenvalue weighted by atomic mass is 16.5. The maximum atomic E-state index is 11.7. The number of hydrogen-bond donors (Lipinski definition) is 1. The molecule has 21 heavy (non-hydrogen) atoms. The van der Waals surface area contributed by atoms with Gasteiger partial charge >= 0.3 is 5.97 Å². The lowest BCUT2D eigenvalue weighted by atomic mass is 10.0. The van der Waals surface area contributed by atoms with Crippen LogP contribution in [0, 0.1) is 0 Å². The average molecular weight is 297 g/mol. The second-order valence-electron chi connectivity index (χ2n) is 4.31. The largest absolute Gasteiger partial charge is 0.493 e. The number of carbonyl (C=O) groups is 1. The van der Waals surface area contributed by atoms with Crippen LogP contribution in [0.2, 0.25) is 0 Å². The van der Waals surface area contributed by atoms with Crippen LogP contribution in [0.3, 0.4) is 0 Å². The van der Waals surface area contributed by atoms with Crippen molar-refractivity contribution in [1.29, 1.82) is 0 Å². The molecule has 6 heteroatoms. The third-order valence-electron chi connectivity index (χ3n) is 3.11. The molecule has 6 nitrogen and oxygen atoms in total. The van der Waals surface area contributed by atoms with Gasteiger partial charge in [-0.15, -0.1) is 0 Å². The lowest BCUT2D eigenvalue weighted by Gasteiger charge is -2.19. The Morgan fingerprint density at radius 3 is 2.10 bits per heavy atom. The Labute approximate surface area is 125 Å². The molecule has 0 aromatic heterocycles. The Morgan fingerprint density at radius 1 is 1.14 bits per heavy atom. The number of hydrogen-bond acceptors (Lipinski definition) is 6. The Hall–Kier alpha value is -1.95. The molecule has 0 aliphatic carbocycles. The highest BCUT2D eigenvalue weighted by Gasteiger charge is 2.20. The molecule has 1 unspecified atom stereocenters. The summed E-state index contributed by atoms with van der Waals surface area (Å²) in [6.07, 6.45) is 0.225. The van der Waals surface area contributed by atoms with Crippen LogP contribution in [-0.4, -0.2) is 41.0 Å². The fourth-order valence-corrected chi connectivity index (χ4v) is 2.08. The quantitative estimate of drug-likeness (QED) is 0.740.